The van der Waals surface area contributed by atoms with Gasteiger partial charge in [-0.15, -0.1) is 0 Å². The lowest BCUT2D eigenvalue weighted by Crippen LogP contribution is -2.50. The van der Waals surface area contributed by atoms with Crippen LogP contribution in [0.5, 0.6) is 0 Å². The topological polar surface area (TPSA) is 79.6 Å². The maximum absolute atomic E-state index is 13.3. The second kappa shape index (κ2) is 6.03. The monoisotopic (exact) mass is 408 g/mol. The zero-order valence-electron chi connectivity index (χ0n) is 16.0. The highest BCUT2D eigenvalue weighted by Crippen LogP contribution is 2.61. The highest BCUT2D eigenvalue weighted by atomic mass is 19.4. The summed E-state index contributed by atoms with van der Waals surface area (Å²) in [6.45, 7) is 5.69. The van der Waals surface area contributed by atoms with Gasteiger partial charge in [0, 0.05) is 13.0 Å². The molecule has 1 aromatic rings. The first-order valence-electron chi connectivity index (χ1n) is 9.29. The number of anilines is 1. The van der Waals surface area contributed by atoms with Gasteiger partial charge < -0.3 is 9.47 Å². The number of carbonyl (C=O) groups excluding carboxylic acids is 2. The summed E-state index contributed by atoms with van der Waals surface area (Å²) in [5, 5.41) is 8.97. The van der Waals surface area contributed by atoms with Crippen LogP contribution in [-0.2, 0) is 25.2 Å². The van der Waals surface area contributed by atoms with E-state index in [0.717, 1.165) is 11.0 Å². The van der Waals surface area contributed by atoms with Gasteiger partial charge in [-0.05, 0) is 39.0 Å². The number of carbonyl (C=O) groups is 2. The van der Waals surface area contributed by atoms with E-state index >= 15 is 0 Å². The van der Waals surface area contributed by atoms with Crippen LogP contribution in [0.15, 0.2) is 18.2 Å². The summed E-state index contributed by atoms with van der Waals surface area (Å²) in [4.78, 5) is 27.2. The Kier molecular flexibility index (Phi) is 4.13. The normalized spacial score (nSPS) is 35.9. The zero-order chi connectivity index (χ0) is 21.4. The number of nitrogens with zero attached hydrogens (tertiary/aromatic N) is 2. The highest BCUT2D eigenvalue weighted by Gasteiger charge is 2.76. The Balaban J connectivity index is 1.78. The molecule has 0 spiro atoms. The van der Waals surface area contributed by atoms with Crippen molar-refractivity contribution in [1.82, 2.24) is 0 Å². The Bertz CT molecular complexity index is 956. The number of amides is 2. The summed E-state index contributed by atoms with van der Waals surface area (Å²) in [7, 11) is 0. The van der Waals surface area contributed by atoms with E-state index in [1.54, 1.807) is 13.8 Å². The number of halogens is 3. The van der Waals surface area contributed by atoms with Crippen LogP contribution in [0.4, 0.5) is 18.9 Å². The third-order valence-electron chi connectivity index (χ3n) is 6.32. The first-order chi connectivity index (χ1) is 13.5. The van der Waals surface area contributed by atoms with Gasteiger partial charge in [0.05, 0.1) is 46.4 Å². The molecule has 0 N–H and O–H groups in total. The van der Waals surface area contributed by atoms with E-state index < -0.39 is 52.2 Å². The van der Waals surface area contributed by atoms with Crippen molar-refractivity contribution in [3.05, 3.63) is 29.3 Å². The minimum atomic E-state index is -4.79. The summed E-state index contributed by atoms with van der Waals surface area (Å²) in [5.41, 5.74) is -3.91. The molecule has 29 heavy (non-hydrogen) atoms. The van der Waals surface area contributed by atoms with E-state index in [1.807, 2.05) is 6.92 Å². The number of alkyl halides is 3. The lowest BCUT2D eigenvalue weighted by atomic mass is 9.67. The molecule has 6 nitrogen and oxygen atoms in total. The molecule has 4 rings (SSSR count). The molecular weight excluding hydrogens is 389 g/mol. The van der Waals surface area contributed by atoms with Crippen LogP contribution in [0.3, 0.4) is 0 Å². The van der Waals surface area contributed by atoms with Gasteiger partial charge in [0.2, 0.25) is 11.8 Å². The van der Waals surface area contributed by atoms with E-state index in [4.69, 9.17) is 14.7 Å². The molecule has 5 atom stereocenters. The average molecular weight is 408 g/mol. The summed E-state index contributed by atoms with van der Waals surface area (Å²) in [6.07, 6.45) is -4.75. The maximum atomic E-state index is 13.3. The Morgan fingerprint density at radius 3 is 2.52 bits per heavy atom. The van der Waals surface area contributed by atoms with E-state index in [0.29, 0.717) is 19.1 Å². The lowest BCUT2D eigenvalue weighted by Gasteiger charge is -2.34. The van der Waals surface area contributed by atoms with Crippen molar-refractivity contribution >= 4 is 17.5 Å². The van der Waals surface area contributed by atoms with Crippen molar-refractivity contribution in [2.75, 3.05) is 11.5 Å². The minimum Gasteiger partial charge on any atom is -0.375 e. The first kappa shape index (κ1) is 19.9. The predicted octanol–water partition coefficient (Wildman–Crippen LogP) is 3.04. The molecule has 3 saturated heterocycles. The lowest BCUT2D eigenvalue weighted by molar-refractivity contribution is -0.138. The first-order valence-corrected chi connectivity index (χ1v) is 9.29. The molecule has 3 fully saturated rings. The molecule has 0 aromatic heterocycles. The van der Waals surface area contributed by atoms with Crippen molar-refractivity contribution in [3.8, 4) is 6.07 Å². The fourth-order valence-corrected chi connectivity index (χ4v) is 5.18. The summed E-state index contributed by atoms with van der Waals surface area (Å²) < 4.78 is 51.9. The molecule has 2 amide bonds. The number of ether oxygens (including phenoxy) is 2. The molecule has 9 heteroatoms. The van der Waals surface area contributed by atoms with E-state index in [1.165, 1.54) is 12.1 Å². The number of nitriles is 1. The number of imide groups is 1. The van der Waals surface area contributed by atoms with Crippen LogP contribution >= 0.6 is 0 Å². The van der Waals surface area contributed by atoms with Crippen LogP contribution < -0.4 is 4.90 Å². The summed E-state index contributed by atoms with van der Waals surface area (Å²) >= 11 is 0. The van der Waals surface area contributed by atoms with Gasteiger partial charge in [0.15, 0.2) is 0 Å². The Labute approximate surface area is 165 Å². The second-order valence-corrected chi connectivity index (χ2v) is 8.05. The Morgan fingerprint density at radius 1 is 1.28 bits per heavy atom. The van der Waals surface area contributed by atoms with Gasteiger partial charge in [0.25, 0.3) is 0 Å². The van der Waals surface area contributed by atoms with Crippen molar-refractivity contribution in [3.63, 3.8) is 0 Å². The third-order valence-corrected chi connectivity index (χ3v) is 6.32. The van der Waals surface area contributed by atoms with Gasteiger partial charge in [-0.1, -0.05) is 0 Å². The number of benzene rings is 1. The molecule has 2 bridgehead atoms. The van der Waals surface area contributed by atoms with Crippen molar-refractivity contribution in [1.29, 1.82) is 5.26 Å². The molecular formula is C20H19F3N2O4. The highest BCUT2D eigenvalue weighted by molar-refractivity contribution is 6.23. The molecule has 154 valence electrons. The van der Waals surface area contributed by atoms with Crippen LogP contribution in [0.2, 0.25) is 0 Å². The van der Waals surface area contributed by atoms with Crippen LogP contribution in [0.25, 0.3) is 0 Å². The van der Waals surface area contributed by atoms with Crippen LogP contribution in [-0.4, -0.2) is 35.7 Å². The third kappa shape index (κ3) is 2.55. The number of hydrogen-bond donors (Lipinski definition) is 0. The van der Waals surface area contributed by atoms with Gasteiger partial charge in [-0.25, -0.2) is 4.90 Å². The molecule has 0 aliphatic carbocycles. The molecule has 1 aromatic carbocycles. The largest absolute Gasteiger partial charge is 0.417 e. The minimum absolute atomic E-state index is 0.194. The Morgan fingerprint density at radius 2 is 1.93 bits per heavy atom. The van der Waals surface area contributed by atoms with E-state index in [9.17, 15) is 22.8 Å². The number of rotatable bonds is 3. The number of hydrogen-bond acceptors (Lipinski definition) is 5. The fraction of sp³-hybridized carbons (Fsp3) is 0.550. The van der Waals surface area contributed by atoms with E-state index in [-0.39, 0.29) is 11.8 Å². The van der Waals surface area contributed by atoms with Crippen LogP contribution in [0, 0.1) is 23.2 Å². The zero-order valence-corrected chi connectivity index (χ0v) is 16.0. The molecule has 0 radical (unpaired) electrons. The maximum Gasteiger partial charge on any atom is 0.417 e. The van der Waals surface area contributed by atoms with Crippen molar-refractivity contribution in [2.24, 2.45) is 11.8 Å². The SMILES string of the molecule is CCO[C@@H]1C[C@]2(C)O[C@@]1(C)[C@H]1C(=O)N(c3ccc(C#N)c(C(F)(F)F)c3)C(=O)[C@H]12. The van der Waals surface area contributed by atoms with Gasteiger partial charge in [-0.2, -0.15) is 18.4 Å². The molecule has 3 aliphatic rings. The fourth-order valence-electron chi connectivity index (χ4n) is 5.18. The predicted molar refractivity (Wildman–Crippen MR) is 93.6 cm³/mol. The van der Waals surface area contributed by atoms with Gasteiger partial charge in [-0.3, -0.25) is 9.59 Å². The smallest absolute Gasteiger partial charge is 0.375 e. The molecule has 3 heterocycles. The quantitative estimate of drug-likeness (QED) is 0.719. The standard InChI is InChI=1S/C20H19F3N2O4/c1-4-28-13-8-18(2)14-15(19(13,3)29-18)17(27)25(16(14)26)11-6-5-10(9-24)12(7-11)20(21,22)23/h5-7,13-15H,4,8H2,1-3H3/t13-,14+,15-,18+,19-/m1/s1. The van der Waals surface area contributed by atoms with Gasteiger partial charge in [0.1, 0.15) is 5.60 Å². The van der Waals surface area contributed by atoms with Gasteiger partial charge >= 0.3 is 6.18 Å². The van der Waals surface area contributed by atoms with Crippen LogP contribution in [0.1, 0.15) is 38.3 Å². The molecule has 0 unspecified atom stereocenters. The average Bonchev–Trinajstić information content (AvgIpc) is 3.15. The second-order valence-electron chi connectivity index (χ2n) is 8.05. The number of fused-ring (bicyclic) bond motifs is 5. The molecule has 0 saturated carbocycles. The summed E-state index contributed by atoms with van der Waals surface area (Å²) in [5.74, 6) is -2.82. The van der Waals surface area contributed by atoms with Crippen molar-refractivity contribution < 1.29 is 32.2 Å². The summed E-state index contributed by atoms with van der Waals surface area (Å²) in [6, 6.07) is 4.35. The molecule has 3 aliphatic heterocycles. The Hall–Kier alpha value is -2.44. The van der Waals surface area contributed by atoms with E-state index in [2.05, 4.69) is 0 Å². The van der Waals surface area contributed by atoms with Crippen molar-refractivity contribution in [2.45, 2.75) is 50.7 Å².